The zero-order valence-electron chi connectivity index (χ0n) is 16.8. The van der Waals surface area contributed by atoms with E-state index < -0.39 is 23.8 Å². The van der Waals surface area contributed by atoms with Crippen molar-refractivity contribution in [1.82, 2.24) is 9.80 Å². The number of imide groups is 1. The zero-order chi connectivity index (χ0) is 21.0. The van der Waals surface area contributed by atoms with Crippen molar-refractivity contribution in [2.75, 3.05) is 31.7 Å². The van der Waals surface area contributed by atoms with Gasteiger partial charge in [-0.2, -0.15) is 11.8 Å². The fourth-order valence-electron chi connectivity index (χ4n) is 3.81. The molecule has 1 aromatic carbocycles. The van der Waals surface area contributed by atoms with Gasteiger partial charge in [-0.3, -0.25) is 19.3 Å². The normalized spacial score (nSPS) is 19.9. The Morgan fingerprint density at radius 1 is 1.21 bits per heavy atom. The van der Waals surface area contributed by atoms with Crippen LogP contribution in [0.25, 0.3) is 0 Å². The molecule has 0 saturated carbocycles. The van der Waals surface area contributed by atoms with Gasteiger partial charge in [0.05, 0.1) is 11.1 Å². The molecule has 8 heteroatoms. The minimum atomic E-state index is -1.04. The fraction of sp³-hybridized carbons (Fsp3) is 0.524. The third-order valence-corrected chi connectivity index (χ3v) is 6.00. The Kier molecular flexibility index (Phi) is 6.95. The topological polar surface area (TPSA) is 84.0 Å². The fourth-order valence-corrected chi connectivity index (χ4v) is 4.27. The standard InChI is InChI=1S/C21H26N2O5S/c1-14-6-5-10-22(12-14)18(24)13-28-21(27)17(9-11-29-2)23-19(25)15-7-3-4-8-16(15)20(23)26/h3-4,7-8,14,17H,5-6,9-13H2,1-2H3/t14-,17+/m0/s1. The third-order valence-electron chi connectivity index (χ3n) is 5.35. The molecule has 29 heavy (non-hydrogen) atoms. The highest BCUT2D eigenvalue weighted by molar-refractivity contribution is 7.98. The van der Waals surface area contributed by atoms with E-state index in [9.17, 15) is 19.2 Å². The van der Waals surface area contributed by atoms with Crippen LogP contribution in [0.15, 0.2) is 24.3 Å². The van der Waals surface area contributed by atoms with Gasteiger partial charge in [0.15, 0.2) is 6.61 Å². The summed E-state index contributed by atoms with van der Waals surface area (Å²) in [7, 11) is 0. The van der Waals surface area contributed by atoms with E-state index in [2.05, 4.69) is 6.92 Å². The molecule has 0 bridgehead atoms. The zero-order valence-corrected chi connectivity index (χ0v) is 17.6. The quantitative estimate of drug-likeness (QED) is 0.499. The van der Waals surface area contributed by atoms with Crippen molar-refractivity contribution in [3.63, 3.8) is 0 Å². The number of carbonyl (C=O) groups excluding carboxylic acids is 4. The summed E-state index contributed by atoms with van der Waals surface area (Å²) in [5.41, 5.74) is 0.579. The molecule has 1 saturated heterocycles. The minimum Gasteiger partial charge on any atom is -0.454 e. The van der Waals surface area contributed by atoms with Gasteiger partial charge in [-0.1, -0.05) is 19.1 Å². The number of thioether (sulfide) groups is 1. The monoisotopic (exact) mass is 418 g/mol. The van der Waals surface area contributed by atoms with Gasteiger partial charge in [-0.25, -0.2) is 4.79 Å². The van der Waals surface area contributed by atoms with Crippen molar-refractivity contribution in [1.29, 1.82) is 0 Å². The second-order valence-electron chi connectivity index (χ2n) is 7.52. The lowest BCUT2D eigenvalue weighted by molar-refractivity contribution is -0.155. The molecule has 3 amide bonds. The summed E-state index contributed by atoms with van der Waals surface area (Å²) in [4.78, 5) is 53.4. The summed E-state index contributed by atoms with van der Waals surface area (Å²) >= 11 is 1.51. The molecule has 7 nitrogen and oxygen atoms in total. The first-order chi connectivity index (χ1) is 13.9. The van der Waals surface area contributed by atoms with E-state index in [1.54, 1.807) is 29.2 Å². The lowest BCUT2D eigenvalue weighted by Crippen LogP contribution is -2.47. The second kappa shape index (κ2) is 9.43. The van der Waals surface area contributed by atoms with E-state index in [0.717, 1.165) is 17.7 Å². The van der Waals surface area contributed by atoms with Crippen LogP contribution in [0.1, 0.15) is 46.9 Å². The van der Waals surface area contributed by atoms with Gasteiger partial charge in [0.1, 0.15) is 6.04 Å². The maximum atomic E-state index is 12.8. The number of rotatable bonds is 7. The van der Waals surface area contributed by atoms with Gasteiger partial charge in [0.25, 0.3) is 17.7 Å². The number of hydrogen-bond donors (Lipinski definition) is 0. The van der Waals surface area contributed by atoms with Crippen LogP contribution in [0.5, 0.6) is 0 Å². The van der Waals surface area contributed by atoms with Crippen molar-refractivity contribution in [2.24, 2.45) is 5.92 Å². The molecule has 0 radical (unpaired) electrons. The summed E-state index contributed by atoms with van der Waals surface area (Å²) in [5.74, 6) is -0.946. The van der Waals surface area contributed by atoms with Crippen molar-refractivity contribution in [3.8, 4) is 0 Å². The maximum absolute atomic E-state index is 12.8. The number of nitrogens with zero attached hydrogens (tertiary/aromatic N) is 2. The van der Waals surface area contributed by atoms with Gasteiger partial charge in [-0.05, 0) is 49.3 Å². The first kappa shape index (κ1) is 21.4. The highest BCUT2D eigenvalue weighted by Crippen LogP contribution is 2.26. The molecule has 0 N–H and O–H groups in total. The molecule has 0 aliphatic carbocycles. The van der Waals surface area contributed by atoms with E-state index in [1.807, 2.05) is 6.26 Å². The molecule has 2 aliphatic heterocycles. The molecule has 3 rings (SSSR count). The highest BCUT2D eigenvalue weighted by atomic mass is 32.2. The number of hydrogen-bond acceptors (Lipinski definition) is 6. The predicted molar refractivity (Wildman–Crippen MR) is 110 cm³/mol. The molecule has 2 aliphatic rings. The average molecular weight is 419 g/mol. The molecule has 2 atom stereocenters. The first-order valence-corrected chi connectivity index (χ1v) is 11.2. The summed E-state index contributed by atoms with van der Waals surface area (Å²) in [6.45, 7) is 3.04. The third kappa shape index (κ3) is 4.63. The lowest BCUT2D eigenvalue weighted by Gasteiger charge is -2.31. The van der Waals surface area contributed by atoms with Gasteiger partial charge in [-0.15, -0.1) is 0 Å². The largest absolute Gasteiger partial charge is 0.454 e. The number of fused-ring (bicyclic) bond motifs is 1. The van der Waals surface area contributed by atoms with Gasteiger partial charge in [0, 0.05) is 13.1 Å². The van der Waals surface area contributed by atoms with Crippen LogP contribution in [-0.2, 0) is 14.3 Å². The van der Waals surface area contributed by atoms with E-state index in [4.69, 9.17) is 4.74 Å². The Bertz CT molecular complexity index is 777. The number of benzene rings is 1. The van der Waals surface area contributed by atoms with Gasteiger partial charge < -0.3 is 9.64 Å². The highest BCUT2D eigenvalue weighted by Gasteiger charge is 2.43. The summed E-state index contributed by atoms with van der Waals surface area (Å²) in [5, 5.41) is 0. The Balaban J connectivity index is 1.68. The van der Waals surface area contributed by atoms with E-state index in [-0.39, 0.29) is 30.1 Å². The van der Waals surface area contributed by atoms with Crippen LogP contribution in [-0.4, -0.2) is 71.2 Å². The van der Waals surface area contributed by atoms with E-state index in [0.29, 0.717) is 24.8 Å². The van der Waals surface area contributed by atoms with E-state index in [1.165, 1.54) is 11.8 Å². The SMILES string of the molecule is CSCC[C@H](C(=O)OCC(=O)N1CCC[C@H](C)C1)N1C(=O)c2ccccc2C1=O. The number of ether oxygens (including phenoxy) is 1. The first-order valence-electron chi connectivity index (χ1n) is 9.84. The molecule has 0 unspecified atom stereocenters. The van der Waals surface area contributed by atoms with Crippen LogP contribution in [0, 0.1) is 5.92 Å². The summed E-state index contributed by atoms with van der Waals surface area (Å²) in [6.07, 6.45) is 4.18. The molecular formula is C21H26N2O5S. The number of amides is 3. The van der Waals surface area contributed by atoms with Crippen LogP contribution in [0.4, 0.5) is 0 Å². The van der Waals surface area contributed by atoms with Crippen molar-refractivity contribution < 1.29 is 23.9 Å². The van der Waals surface area contributed by atoms with Crippen LogP contribution >= 0.6 is 11.8 Å². The number of carbonyl (C=O) groups is 4. The molecule has 0 aromatic heterocycles. The Labute approximate surface area is 174 Å². The second-order valence-corrected chi connectivity index (χ2v) is 8.50. The maximum Gasteiger partial charge on any atom is 0.329 e. The predicted octanol–water partition coefficient (Wildman–Crippen LogP) is 2.21. The Morgan fingerprint density at radius 2 is 1.86 bits per heavy atom. The number of piperidine rings is 1. The van der Waals surface area contributed by atoms with Gasteiger partial charge >= 0.3 is 5.97 Å². The summed E-state index contributed by atoms with van der Waals surface area (Å²) in [6, 6.07) is 5.48. The van der Waals surface area contributed by atoms with Crippen molar-refractivity contribution in [3.05, 3.63) is 35.4 Å². The van der Waals surface area contributed by atoms with Gasteiger partial charge in [0.2, 0.25) is 0 Å². The smallest absolute Gasteiger partial charge is 0.329 e. The molecule has 1 fully saturated rings. The average Bonchev–Trinajstić information content (AvgIpc) is 2.97. The van der Waals surface area contributed by atoms with E-state index >= 15 is 0 Å². The summed E-state index contributed by atoms with van der Waals surface area (Å²) < 4.78 is 5.27. The molecule has 0 spiro atoms. The van der Waals surface area contributed by atoms with Crippen molar-refractivity contribution in [2.45, 2.75) is 32.2 Å². The molecule has 1 aromatic rings. The van der Waals surface area contributed by atoms with Crippen LogP contribution in [0.3, 0.4) is 0 Å². The molecule has 2 heterocycles. The number of esters is 1. The number of likely N-dealkylation sites (tertiary alicyclic amines) is 1. The Hall–Kier alpha value is -2.35. The van der Waals surface area contributed by atoms with Crippen molar-refractivity contribution >= 4 is 35.5 Å². The molecular weight excluding hydrogens is 392 g/mol. The van der Waals surface area contributed by atoms with Crippen LogP contribution < -0.4 is 0 Å². The van der Waals surface area contributed by atoms with Crippen LogP contribution in [0.2, 0.25) is 0 Å². The lowest BCUT2D eigenvalue weighted by atomic mass is 10.0. The molecule has 156 valence electrons. The Morgan fingerprint density at radius 3 is 2.45 bits per heavy atom. The minimum absolute atomic E-state index is 0.240.